The van der Waals surface area contributed by atoms with Crippen LogP contribution in [-0.4, -0.2) is 36.6 Å². The van der Waals surface area contributed by atoms with Crippen LogP contribution >= 0.6 is 11.3 Å². The fourth-order valence-corrected chi connectivity index (χ4v) is 2.68. The van der Waals surface area contributed by atoms with E-state index in [1.165, 1.54) is 18.4 Å². The van der Waals surface area contributed by atoms with Crippen molar-refractivity contribution in [3.8, 4) is 0 Å². The van der Waals surface area contributed by atoms with Crippen LogP contribution in [0, 0.1) is 0 Å². The molecule has 2 heterocycles. The van der Waals surface area contributed by atoms with Crippen molar-refractivity contribution >= 4 is 28.3 Å². The zero-order valence-electron chi connectivity index (χ0n) is 10.8. The summed E-state index contributed by atoms with van der Waals surface area (Å²) in [6.07, 6.45) is 2.68. The number of piperidine rings is 1. The minimum absolute atomic E-state index is 0.0255. The summed E-state index contributed by atoms with van der Waals surface area (Å²) in [6, 6.07) is -0.201. The third-order valence-corrected chi connectivity index (χ3v) is 3.77. The van der Waals surface area contributed by atoms with Crippen LogP contribution in [0.4, 0.5) is 5.13 Å². The van der Waals surface area contributed by atoms with Gasteiger partial charge in [0.2, 0.25) is 5.91 Å². The molecule has 7 heteroatoms. The number of rotatable bonds is 5. The van der Waals surface area contributed by atoms with Gasteiger partial charge in [0.1, 0.15) is 6.04 Å². The van der Waals surface area contributed by atoms with Gasteiger partial charge in [0.25, 0.3) is 0 Å². The van der Waals surface area contributed by atoms with E-state index in [2.05, 4.69) is 20.4 Å². The maximum absolute atomic E-state index is 11.6. The summed E-state index contributed by atoms with van der Waals surface area (Å²) in [4.78, 5) is 27.0. The number of carbonyl (C=O) groups is 2. The molecule has 6 nitrogen and oxygen atoms in total. The van der Waals surface area contributed by atoms with Gasteiger partial charge in [-0.2, -0.15) is 0 Å². The second-order valence-corrected chi connectivity index (χ2v) is 5.21. The Morgan fingerprint density at radius 3 is 3.26 bits per heavy atom. The zero-order chi connectivity index (χ0) is 13.7. The van der Waals surface area contributed by atoms with E-state index in [-0.39, 0.29) is 17.9 Å². The van der Waals surface area contributed by atoms with Gasteiger partial charge in [-0.1, -0.05) is 0 Å². The molecule has 1 aromatic rings. The number of aryl methyl sites for hydroxylation is 1. The summed E-state index contributed by atoms with van der Waals surface area (Å²) in [5, 5.41) is 8.57. The molecular formula is C12H17N3O3S. The van der Waals surface area contributed by atoms with Crippen LogP contribution in [0.5, 0.6) is 0 Å². The van der Waals surface area contributed by atoms with Crippen molar-refractivity contribution < 1.29 is 14.3 Å². The van der Waals surface area contributed by atoms with E-state index in [9.17, 15) is 9.59 Å². The van der Waals surface area contributed by atoms with Crippen molar-refractivity contribution in [2.24, 2.45) is 0 Å². The third kappa shape index (κ3) is 3.92. The largest absolute Gasteiger partial charge is 0.469 e. The number of aromatic nitrogens is 1. The molecule has 1 aromatic heterocycles. The first-order chi connectivity index (χ1) is 9.19. The molecule has 104 valence electrons. The van der Waals surface area contributed by atoms with Crippen LogP contribution in [0.3, 0.4) is 0 Å². The van der Waals surface area contributed by atoms with Gasteiger partial charge < -0.3 is 15.4 Å². The second kappa shape index (κ2) is 6.51. The van der Waals surface area contributed by atoms with Crippen LogP contribution in [0.15, 0.2) is 5.38 Å². The highest BCUT2D eigenvalue weighted by molar-refractivity contribution is 7.13. The lowest BCUT2D eigenvalue weighted by molar-refractivity contribution is -0.140. The summed E-state index contributed by atoms with van der Waals surface area (Å²) in [6.45, 7) is 0.749. The first kappa shape index (κ1) is 13.8. The quantitative estimate of drug-likeness (QED) is 0.786. The predicted octanol–water partition coefficient (Wildman–Crippen LogP) is 0.939. The van der Waals surface area contributed by atoms with Gasteiger partial charge in [-0.05, 0) is 12.8 Å². The molecule has 0 aromatic carbocycles. The van der Waals surface area contributed by atoms with E-state index < -0.39 is 0 Å². The molecule has 0 bridgehead atoms. The fraction of sp³-hybridized carbons (Fsp3) is 0.583. The number of hydrogen-bond donors (Lipinski definition) is 2. The van der Waals surface area contributed by atoms with E-state index in [4.69, 9.17) is 0 Å². The molecule has 1 aliphatic rings. The van der Waals surface area contributed by atoms with Gasteiger partial charge in [-0.3, -0.25) is 9.59 Å². The molecule has 2 rings (SSSR count). The first-order valence-corrected chi connectivity index (χ1v) is 7.12. The number of hydrogen-bond acceptors (Lipinski definition) is 6. The molecule has 1 atom stereocenters. The highest BCUT2D eigenvalue weighted by Crippen LogP contribution is 2.19. The predicted molar refractivity (Wildman–Crippen MR) is 72.1 cm³/mol. The monoisotopic (exact) mass is 283 g/mol. The second-order valence-electron chi connectivity index (χ2n) is 4.35. The van der Waals surface area contributed by atoms with Crippen molar-refractivity contribution in [2.75, 3.05) is 19.0 Å². The molecule has 19 heavy (non-hydrogen) atoms. The van der Waals surface area contributed by atoms with Gasteiger partial charge in [0.15, 0.2) is 5.13 Å². The molecule has 0 saturated carbocycles. The molecule has 0 spiro atoms. The van der Waals surface area contributed by atoms with Gasteiger partial charge in [0, 0.05) is 18.3 Å². The molecule has 1 unspecified atom stereocenters. The number of amides is 1. The third-order valence-electron chi connectivity index (χ3n) is 2.95. The summed E-state index contributed by atoms with van der Waals surface area (Å²) in [5.74, 6) is -0.216. The van der Waals surface area contributed by atoms with Crippen LogP contribution < -0.4 is 10.6 Å². The smallest absolute Gasteiger partial charge is 0.305 e. The van der Waals surface area contributed by atoms with Crippen LogP contribution in [0.2, 0.25) is 0 Å². The molecule has 1 fully saturated rings. The average Bonchev–Trinajstić information content (AvgIpc) is 2.86. The number of ether oxygens (including phenoxy) is 1. The number of esters is 1. The standard InChI is InChI=1S/C12H17N3O3S/c1-18-10(16)5-4-8-7-19-12(14-8)15-9-3-2-6-13-11(9)17/h7,9H,2-6H2,1H3,(H,13,17)(H,14,15). The van der Waals surface area contributed by atoms with E-state index in [0.29, 0.717) is 12.8 Å². The molecule has 0 radical (unpaired) electrons. The lowest BCUT2D eigenvalue weighted by Gasteiger charge is -2.22. The van der Waals surface area contributed by atoms with Gasteiger partial charge >= 0.3 is 5.97 Å². The Balaban J connectivity index is 1.86. The Morgan fingerprint density at radius 1 is 1.68 bits per heavy atom. The number of thiazole rings is 1. The average molecular weight is 283 g/mol. The lowest BCUT2D eigenvalue weighted by atomic mass is 10.1. The number of carbonyl (C=O) groups excluding carboxylic acids is 2. The van der Waals surface area contributed by atoms with E-state index in [1.807, 2.05) is 5.38 Å². The van der Waals surface area contributed by atoms with Gasteiger partial charge in [0.05, 0.1) is 19.2 Å². The van der Waals surface area contributed by atoms with Crippen molar-refractivity contribution in [1.82, 2.24) is 10.3 Å². The lowest BCUT2D eigenvalue weighted by Crippen LogP contribution is -2.44. The van der Waals surface area contributed by atoms with E-state index in [0.717, 1.165) is 30.2 Å². The molecule has 2 N–H and O–H groups in total. The number of nitrogens with one attached hydrogen (secondary N) is 2. The van der Waals surface area contributed by atoms with Crippen LogP contribution in [0.25, 0.3) is 0 Å². The van der Waals surface area contributed by atoms with Crippen LogP contribution in [-0.2, 0) is 20.7 Å². The number of anilines is 1. The number of nitrogens with zero attached hydrogens (tertiary/aromatic N) is 1. The normalized spacial score (nSPS) is 18.8. The van der Waals surface area contributed by atoms with Crippen molar-refractivity contribution in [3.63, 3.8) is 0 Å². The highest BCUT2D eigenvalue weighted by Gasteiger charge is 2.22. The fourth-order valence-electron chi connectivity index (χ4n) is 1.88. The molecular weight excluding hydrogens is 266 g/mol. The summed E-state index contributed by atoms with van der Waals surface area (Å²) in [5.41, 5.74) is 0.842. The summed E-state index contributed by atoms with van der Waals surface area (Å²) in [7, 11) is 1.37. The summed E-state index contributed by atoms with van der Waals surface area (Å²) < 4.78 is 4.58. The topological polar surface area (TPSA) is 80.3 Å². The zero-order valence-corrected chi connectivity index (χ0v) is 11.6. The van der Waals surface area contributed by atoms with Gasteiger partial charge in [-0.25, -0.2) is 4.98 Å². The minimum atomic E-state index is -0.242. The first-order valence-electron chi connectivity index (χ1n) is 6.24. The van der Waals surface area contributed by atoms with Crippen molar-refractivity contribution in [2.45, 2.75) is 31.7 Å². The van der Waals surface area contributed by atoms with Crippen LogP contribution in [0.1, 0.15) is 25.0 Å². The number of methoxy groups -OCH3 is 1. The Labute approximate surface area is 115 Å². The maximum Gasteiger partial charge on any atom is 0.305 e. The van der Waals surface area contributed by atoms with E-state index in [1.54, 1.807) is 0 Å². The Bertz CT molecular complexity index is 461. The molecule has 1 saturated heterocycles. The van der Waals surface area contributed by atoms with Crippen molar-refractivity contribution in [1.29, 1.82) is 0 Å². The Kier molecular flexibility index (Phi) is 4.73. The molecule has 1 aliphatic heterocycles. The maximum atomic E-state index is 11.6. The highest BCUT2D eigenvalue weighted by atomic mass is 32.1. The molecule has 0 aliphatic carbocycles. The van der Waals surface area contributed by atoms with Gasteiger partial charge in [-0.15, -0.1) is 11.3 Å². The summed E-state index contributed by atoms with van der Waals surface area (Å²) >= 11 is 1.45. The Morgan fingerprint density at radius 2 is 2.53 bits per heavy atom. The Hall–Kier alpha value is -1.63. The van der Waals surface area contributed by atoms with E-state index >= 15 is 0 Å². The minimum Gasteiger partial charge on any atom is -0.469 e. The van der Waals surface area contributed by atoms with Crippen molar-refractivity contribution in [3.05, 3.63) is 11.1 Å². The molecule has 1 amide bonds. The SMILES string of the molecule is COC(=O)CCc1csc(NC2CCCNC2=O)n1.